The van der Waals surface area contributed by atoms with Crippen molar-refractivity contribution in [3.8, 4) is 0 Å². The standard InChI is InChI=1S/C9H11N2.BF4/c1-2-10-8-6-9-5-3-4-7-11(9)10;2-1(3,4)5/h3-8H,2H2,1H3;/q+1;-1. The molecule has 0 saturated heterocycles. The number of fused-ring (bicyclic) bond motifs is 1. The summed E-state index contributed by atoms with van der Waals surface area (Å²) in [5.74, 6) is 0. The van der Waals surface area contributed by atoms with Gasteiger partial charge in [0.1, 0.15) is 5.52 Å². The molecule has 2 rings (SSSR count). The molecule has 16 heavy (non-hydrogen) atoms. The molecule has 0 atom stereocenters. The van der Waals surface area contributed by atoms with Gasteiger partial charge in [-0.25, -0.2) is 0 Å². The molecule has 0 aliphatic carbocycles. The van der Waals surface area contributed by atoms with Crippen LogP contribution in [0.15, 0.2) is 36.7 Å². The van der Waals surface area contributed by atoms with Gasteiger partial charge in [-0.15, -0.1) is 9.20 Å². The van der Waals surface area contributed by atoms with E-state index in [4.69, 9.17) is 0 Å². The number of nitrogens with zero attached hydrogens (tertiary/aromatic N) is 2. The summed E-state index contributed by atoms with van der Waals surface area (Å²) in [6.07, 6.45) is 4.16. The first-order valence-electron chi connectivity index (χ1n) is 4.75. The van der Waals surface area contributed by atoms with E-state index in [1.807, 2.05) is 6.07 Å². The van der Waals surface area contributed by atoms with E-state index in [0.717, 1.165) is 6.54 Å². The maximum atomic E-state index is 9.75. The highest BCUT2D eigenvalue weighted by Crippen LogP contribution is 2.06. The fourth-order valence-electron chi connectivity index (χ4n) is 1.31. The summed E-state index contributed by atoms with van der Waals surface area (Å²) < 4.78 is 43.3. The van der Waals surface area contributed by atoms with Crippen LogP contribution in [-0.4, -0.2) is 11.8 Å². The molecule has 0 aliphatic rings. The van der Waals surface area contributed by atoms with E-state index in [0.29, 0.717) is 0 Å². The van der Waals surface area contributed by atoms with Crippen LogP contribution in [0.2, 0.25) is 0 Å². The lowest BCUT2D eigenvalue weighted by Gasteiger charge is -1.94. The first kappa shape index (κ1) is 12.5. The normalized spacial score (nSPS) is 11.1. The van der Waals surface area contributed by atoms with Crippen molar-refractivity contribution in [3.05, 3.63) is 36.7 Å². The highest BCUT2D eigenvalue weighted by molar-refractivity contribution is 6.50. The minimum atomic E-state index is -6.00. The minimum absolute atomic E-state index is 1.01. The fraction of sp³-hybridized carbons (Fsp3) is 0.222. The van der Waals surface area contributed by atoms with Crippen LogP contribution in [0.1, 0.15) is 6.92 Å². The summed E-state index contributed by atoms with van der Waals surface area (Å²) in [5.41, 5.74) is 1.24. The average Bonchev–Trinajstić information content (AvgIpc) is 2.58. The van der Waals surface area contributed by atoms with Crippen molar-refractivity contribution in [2.75, 3.05) is 0 Å². The van der Waals surface area contributed by atoms with Crippen LogP contribution in [0.3, 0.4) is 0 Å². The summed E-state index contributed by atoms with van der Waals surface area (Å²) in [5, 5.41) is 0. The Morgan fingerprint density at radius 2 is 1.81 bits per heavy atom. The van der Waals surface area contributed by atoms with Crippen molar-refractivity contribution in [3.63, 3.8) is 0 Å². The van der Waals surface area contributed by atoms with E-state index in [1.165, 1.54) is 5.52 Å². The smallest absolute Gasteiger partial charge is 0.418 e. The van der Waals surface area contributed by atoms with Gasteiger partial charge in [0.15, 0.2) is 12.7 Å². The molecular weight excluding hydrogens is 223 g/mol. The van der Waals surface area contributed by atoms with Gasteiger partial charge in [0.05, 0.1) is 6.20 Å². The third-order valence-corrected chi connectivity index (χ3v) is 1.89. The number of aryl methyl sites for hydroxylation is 1. The second-order valence-corrected chi connectivity index (χ2v) is 3.04. The largest absolute Gasteiger partial charge is 0.673 e. The van der Waals surface area contributed by atoms with Crippen molar-refractivity contribution in [1.82, 2.24) is 4.52 Å². The van der Waals surface area contributed by atoms with Crippen molar-refractivity contribution in [2.45, 2.75) is 13.5 Å². The van der Waals surface area contributed by atoms with E-state index in [2.05, 4.69) is 46.7 Å². The molecule has 0 radical (unpaired) electrons. The Balaban J connectivity index is 0.000000221. The average molecular weight is 234 g/mol. The Morgan fingerprint density at radius 3 is 2.38 bits per heavy atom. The summed E-state index contributed by atoms with van der Waals surface area (Å²) in [6.45, 7) is 3.15. The first-order chi connectivity index (χ1) is 7.42. The van der Waals surface area contributed by atoms with Gasteiger partial charge in [-0.05, 0) is 19.1 Å². The molecule has 0 aliphatic heterocycles. The Kier molecular flexibility index (Phi) is 3.92. The number of hydrogen-bond donors (Lipinski definition) is 0. The molecule has 0 bridgehead atoms. The molecule has 0 saturated carbocycles. The van der Waals surface area contributed by atoms with Gasteiger partial charge in [-0.2, -0.15) is 0 Å². The molecule has 2 heterocycles. The molecule has 2 aromatic heterocycles. The Morgan fingerprint density at radius 1 is 1.19 bits per heavy atom. The topological polar surface area (TPSA) is 8.29 Å². The molecule has 0 amide bonds. The Labute approximate surface area is 90.2 Å². The van der Waals surface area contributed by atoms with Crippen molar-refractivity contribution < 1.29 is 21.9 Å². The maximum absolute atomic E-state index is 9.75. The van der Waals surface area contributed by atoms with Crippen LogP contribution < -0.4 is 4.68 Å². The fourth-order valence-corrected chi connectivity index (χ4v) is 1.31. The monoisotopic (exact) mass is 234 g/mol. The van der Waals surface area contributed by atoms with Crippen LogP contribution in [0, 0.1) is 0 Å². The minimum Gasteiger partial charge on any atom is -0.418 e. The van der Waals surface area contributed by atoms with Crippen LogP contribution >= 0.6 is 0 Å². The van der Waals surface area contributed by atoms with Gasteiger partial charge in [0.25, 0.3) is 0 Å². The highest BCUT2D eigenvalue weighted by atomic mass is 19.5. The number of aromatic nitrogens is 2. The molecule has 7 heteroatoms. The van der Waals surface area contributed by atoms with Crippen LogP contribution in [0.25, 0.3) is 5.52 Å². The SMILES string of the molecule is CC[n+]1ccc2ccccn21.F[B-](F)(F)F. The lowest BCUT2D eigenvalue weighted by molar-refractivity contribution is -0.757. The molecule has 0 spiro atoms. The maximum Gasteiger partial charge on any atom is 0.673 e. The van der Waals surface area contributed by atoms with Crippen molar-refractivity contribution >= 4 is 12.8 Å². The van der Waals surface area contributed by atoms with Gasteiger partial charge in [-0.3, -0.25) is 0 Å². The Bertz CT molecular complexity index is 446. The van der Waals surface area contributed by atoms with Crippen molar-refractivity contribution in [2.24, 2.45) is 0 Å². The summed E-state index contributed by atoms with van der Waals surface area (Å²) in [7, 11) is -6.00. The van der Waals surface area contributed by atoms with E-state index in [-0.39, 0.29) is 0 Å². The second-order valence-electron chi connectivity index (χ2n) is 3.04. The van der Waals surface area contributed by atoms with Gasteiger partial charge in [0, 0.05) is 6.07 Å². The van der Waals surface area contributed by atoms with Gasteiger partial charge < -0.3 is 17.3 Å². The molecule has 2 nitrogen and oxygen atoms in total. The molecule has 0 aromatic carbocycles. The van der Waals surface area contributed by atoms with E-state index < -0.39 is 7.25 Å². The number of rotatable bonds is 1. The summed E-state index contributed by atoms with van der Waals surface area (Å²) >= 11 is 0. The van der Waals surface area contributed by atoms with Crippen LogP contribution in [0.4, 0.5) is 17.3 Å². The zero-order valence-electron chi connectivity index (χ0n) is 8.65. The first-order valence-corrected chi connectivity index (χ1v) is 4.75. The number of hydrogen-bond acceptors (Lipinski definition) is 0. The van der Waals surface area contributed by atoms with Gasteiger partial charge in [0.2, 0.25) is 0 Å². The molecular formula is C9H11BF4N2. The predicted molar refractivity (Wildman–Crippen MR) is 53.5 cm³/mol. The van der Waals surface area contributed by atoms with Gasteiger partial charge >= 0.3 is 7.25 Å². The highest BCUT2D eigenvalue weighted by Gasteiger charge is 2.20. The lowest BCUT2D eigenvalue weighted by atomic mass is 10.3. The van der Waals surface area contributed by atoms with E-state index in [1.54, 1.807) is 0 Å². The van der Waals surface area contributed by atoms with Gasteiger partial charge in [-0.1, -0.05) is 6.07 Å². The second kappa shape index (κ2) is 5.00. The van der Waals surface area contributed by atoms with Crippen molar-refractivity contribution in [1.29, 1.82) is 0 Å². The van der Waals surface area contributed by atoms with Crippen LogP contribution in [-0.2, 0) is 6.54 Å². The van der Waals surface area contributed by atoms with Crippen LogP contribution in [0.5, 0.6) is 0 Å². The van der Waals surface area contributed by atoms with E-state index in [9.17, 15) is 17.3 Å². The lowest BCUT2D eigenvalue weighted by Crippen LogP contribution is -2.37. The summed E-state index contributed by atoms with van der Waals surface area (Å²) in [4.78, 5) is 0. The molecule has 0 unspecified atom stereocenters. The summed E-state index contributed by atoms with van der Waals surface area (Å²) in [6, 6.07) is 8.31. The quantitative estimate of drug-likeness (QED) is 0.407. The predicted octanol–water partition coefficient (Wildman–Crippen LogP) is 2.55. The molecule has 0 fully saturated rings. The zero-order chi connectivity index (χ0) is 12.2. The van der Waals surface area contributed by atoms with E-state index >= 15 is 0 Å². The molecule has 0 N–H and O–H groups in total. The number of halogens is 4. The third-order valence-electron chi connectivity index (χ3n) is 1.89. The number of pyridine rings is 1. The third kappa shape index (κ3) is 3.92. The zero-order valence-corrected chi connectivity index (χ0v) is 8.65. The molecule has 88 valence electrons. The Hall–Kier alpha value is -1.53. The molecule has 2 aromatic rings.